The van der Waals surface area contributed by atoms with Crippen LogP contribution in [0.3, 0.4) is 0 Å². The highest BCUT2D eigenvalue weighted by Gasteiger charge is 2.52. The van der Waals surface area contributed by atoms with Crippen molar-refractivity contribution in [3.63, 3.8) is 0 Å². The fourth-order valence-electron chi connectivity index (χ4n) is 2.92. The Morgan fingerprint density at radius 1 is 1.21 bits per heavy atom. The largest absolute Gasteiger partial charge is 0.452 e. The van der Waals surface area contributed by atoms with Gasteiger partial charge in [0.15, 0.2) is 6.61 Å². The summed E-state index contributed by atoms with van der Waals surface area (Å²) < 4.78 is 4.84. The third-order valence-electron chi connectivity index (χ3n) is 4.40. The first kappa shape index (κ1) is 20.3. The molecule has 1 fully saturated rings. The van der Waals surface area contributed by atoms with Gasteiger partial charge in [0.1, 0.15) is 5.54 Å². The number of hydrogen-bond acceptors (Lipinski definition) is 6. The summed E-state index contributed by atoms with van der Waals surface area (Å²) in [5.41, 5.74) is 1.55. The number of benzene rings is 1. The average Bonchev–Trinajstić information content (AvgIpc) is 3.34. The second-order valence-corrected chi connectivity index (χ2v) is 7.17. The number of urea groups is 1. The highest BCUT2D eigenvalue weighted by Crippen LogP contribution is 2.31. The number of rotatable bonds is 7. The Morgan fingerprint density at radius 2 is 1.97 bits per heavy atom. The van der Waals surface area contributed by atoms with E-state index in [0.717, 1.165) is 4.88 Å². The molecule has 29 heavy (non-hydrogen) atoms. The standard InChI is InChI=1S/C20H19N3O5S/c1-2-20(14-7-4-3-5-8-14)18(26)23(19(27)21-20)22-16(24)13-28-17(25)11-10-15-9-6-12-29-15/h3-12H,2,13H2,1H3,(H,21,27)(H,22,24)/b11-10+/t20-/m0/s1. The van der Waals surface area contributed by atoms with E-state index in [1.807, 2.05) is 17.5 Å². The summed E-state index contributed by atoms with van der Waals surface area (Å²) >= 11 is 1.45. The number of carbonyl (C=O) groups is 4. The number of hydrogen-bond donors (Lipinski definition) is 2. The smallest absolute Gasteiger partial charge is 0.344 e. The first-order chi connectivity index (χ1) is 14.0. The van der Waals surface area contributed by atoms with Gasteiger partial charge in [-0.2, -0.15) is 5.01 Å². The maximum Gasteiger partial charge on any atom is 0.344 e. The van der Waals surface area contributed by atoms with Crippen molar-refractivity contribution in [2.24, 2.45) is 0 Å². The molecule has 2 aromatic rings. The molecule has 4 amide bonds. The van der Waals surface area contributed by atoms with Crippen LogP contribution in [0.1, 0.15) is 23.8 Å². The SMILES string of the molecule is CC[C@@]1(c2ccccc2)NC(=O)N(NC(=O)COC(=O)/C=C/c2cccs2)C1=O. The summed E-state index contributed by atoms with van der Waals surface area (Å²) in [6, 6.07) is 11.7. The first-order valence-electron chi connectivity index (χ1n) is 8.86. The van der Waals surface area contributed by atoms with E-state index in [4.69, 9.17) is 4.74 Å². The van der Waals surface area contributed by atoms with Gasteiger partial charge in [-0.3, -0.25) is 15.0 Å². The zero-order valence-corrected chi connectivity index (χ0v) is 16.4. The molecule has 0 saturated carbocycles. The van der Waals surface area contributed by atoms with Crippen LogP contribution in [0.4, 0.5) is 4.79 Å². The minimum atomic E-state index is -1.26. The quantitative estimate of drug-likeness (QED) is 0.411. The van der Waals surface area contributed by atoms with Crippen LogP contribution in [0.25, 0.3) is 6.08 Å². The molecule has 0 radical (unpaired) electrons. The molecule has 0 unspecified atom stereocenters. The normalized spacial score (nSPS) is 18.7. The predicted molar refractivity (Wildman–Crippen MR) is 106 cm³/mol. The third-order valence-corrected chi connectivity index (χ3v) is 5.23. The van der Waals surface area contributed by atoms with Crippen LogP contribution in [0.2, 0.25) is 0 Å². The zero-order valence-electron chi connectivity index (χ0n) is 15.6. The van der Waals surface area contributed by atoms with Crippen LogP contribution in [-0.2, 0) is 24.7 Å². The van der Waals surface area contributed by atoms with Gasteiger partial charge in [-0.05, 0) is 29.5 Å². The van der Waals surface area contributed by atoms with E-state index in [-0.39, 0.29) is 0 Å². The zero-order chi connectivity index (χ0) is 20.9. The fraction of sp³-hybridized carbons (Fsp3) is 0.200. The average molecular weight is 413 g/mol. The van der Waals surface area contributed by atoms with Gasteiger partial charge in [0, 0.05) is 11.0 Å². The lowest BCUT2D eigenvalue weighted by Crippen LogP contribution is -2.49. The van der Waals surface area contributed by atoms with Crippen LogP contribution < -0.4 is 10.7 Å². The second-order valence-electron chi connectivity index (χ2n) is 6.19. The van der Waals surface area contributed by atoms with E-state index in [1.165, 1.54) is 17.4 Å². The van der Waals surface area contributed by atoms with E-state index < -0.39 is 36.0 Å². The number of imide groups is 1. The molecule has 1 aromatic heterocycles. The molecule has 2 heterocycles. The second kappa shape index (κ2) is 8.70. The topological polar surface area (TPSA) is 105 Å². The monoisotopic (exact) mass is 413 g/mol. The van der Waals surface area contributed by atoms with Gasteiger partial charge in [0.25, 0.3) is 11.8 Å². The number of hydrazine groups is 1. The minimum Gasteiger partial charge on any atom is -0.452 e. The molecule has 3 rings (SSSR count). The Labute approximate surface area is 171 Å². The van der Waals surface area contributed by atoms with Gasteiger partial charge in [-0.1, -0.05) is 43.3 Å². The molecular formula is C20H19N3O5S. The lowest BCUT2D eigenvalue weighted by Gasteiger charge is -2.25. The number of esters is 1. The van der Waals surface area contributed by atoms with Crippen molar-refractivity contribution in [2.75, 3.05) is 6.61 Å². The van der Waals surface area contributed by atoms with E-state index >= 15 is 0 Å². The van der Waals surface area contributed by atoms with Gasteiger partial charge in [-0.25, -0.2) is 9.59 Å². The Kier molecular flexibility index (Phi) is 6.08. The van der Waals surface area contributed by atoms with E-state index in [1.54, 1.807) is 43.3 Å². The summed E-state index contributed by atoms with van der Waals surface area (Å²) in [6.45, 7) is 1.13. The highest BCUT2D eigenvalue weighted by molar-refractivity contribution is 7.10. The predicted octanol–water partition coefficient (Wildman–Crippen LogP) is 2.19. The van der Waals surface area contributed by atoms with Crippen molar-refractivity contribution in [3.8, 4) is 0 Å². The van der Waals surface area contributed by atoms with Gasteiger partial charge >= 0.3 is 12.0 Å². The first-order valence-corrected chi connectivity index (χ1v) is 9.74. The Morgan fingerprint density at radius 3 is 2.62 bits per heavy atom. The Bertz CT molecular complexity index is 942. The molecule has 0 aliphatic carbocycles. The van der Waals surface area contributed by atoms with Crippen LogP contribution in [0.5, 0.6) is 0 Å². The van der Waals surface area contributed by atoms with Crippen molar-refractivity contribution in [1.82, 2.24) is 15.8 Å². The van der Waals surface area contributed by atoms with Crippen LogP contribution >= 0.6 is 11.3 Å². The summed E-state index contributed by atoms with van der Waals surface area (Å²) in [5, 5.41) is 5.13. The number of nitrogens with zero attached hydrogens (tertiary/aromatic N) is 1. The fourth-order valence-corrected chi connectivity index (χ4v) is 3.53. The molecule has 1 saturated heterocycles. The lowest BCUT2D eigenvalue weighted by atomic mass is 9.87. The third kappa shape index (κ3) is 4.35. The van der Waals surface area contributed by atoms with Gasteiger partial charge < -0.3 is 10.1 Å². The maximum absolute atomic E-state index is 12.9. The molecule has 1 aromatic carbocycles. The highest BCUT2D eigenvalue weighted by atomic mass is 32.1. The van der Waals surface area contributed by atoms with Crippen molar-refractivity contribution in [2.45, 2.75) is 18.9 Å². The van der Waals surface area contributed by atoms with E-state index in [2.05, 4.69) is 10.7 Å². The number of nitrogens with one attached hydrogen (secondary N) is 2. The molecule has 150 valence electrons. The Balaban J connectivity index is 1.59. The van der Waals surface area contributed by atoms with Gasteiger partial charge in [0.2, 0.25) is 0 Å². The molecule has 0 spiro atoms. The lowest BCUT2D eigenvalue weighted by molar-refractivity contribution is -0.147. The summed E-state index contributed by atoms with van der Waals surface area (Å²) in [6.07, 6.45) is 3.07. The van der Waals surface area contributed by atoms with E-state index in [0.29, 0.717) is 17.0 Å². The molecule has 1 atom stereocenters. The molecule has 9 heteroatoms. The van der Waals surface area contributed by atoms with Crippen LogP contribution in [0.15, 0.2) is 53.9 Å². The van der Waals surface area contributed by atoms with Crippen molar-refractivity contribution >= 4 is 41.2 Å². The molecule has 1 aliphatic heterocycles. The number of amides is 4. The number of carbonyl (C=O) groups excluding carboxylic acids is 4. The summed E-state index contributed by atoms with van der Waals surface area (Å²) in [4.78, 5) is 49.8. The summed E-state index contributed by atoms with van der Waals surface area (Å²) in [5.74, 6) is -2.11. The molecule has 2 N–H and O–H groups in total. The van der Waals surface area contributed by atoms with Crippen molar-refractivity contribution in [1.29, 1.82) is 0 Å². The van der Waals surface area contributed by atoms with Gasteiger partial charge in [0.05, 0.1) is 0 Å². The molecular weight excluding hydrogens is 394 g/mol. The molecule has 8 nitrogen and oxygen atoms in total. The van der Waals surface area contributed by atoms with E-state index in [9.17, 15) is 19.2 Å². The molecule has 1 aliphatic rings. The van der Waals surface area contributed by atoms with Gasteiger partial charge in [-0.15, -0.1) is 11.3 Å². The van der Waals surface area contributed by atoms with Crippen molar-refractivity contribution in [3.05, 3.63) is 64.4 Å². The van der Waals surface area contributed by atoms with Crippen molar-refractivity contribution < 1.29 is 23.9 Å². The minimum absolute atomic E-state index is 0.302. The maximum atomic E-state index is 12.9. The van der Waals surface area contributed by atoms with Crippen LogP contribution in [0, 0.1) is 0 Å². The summed E-state index contributed by atoms with van der Waals surface area (Å²) in [7, 11) is 0. The Hall–Kier alpha value is -3.46. The molecule has 0 bridgehead atoms. The number of ether oxygens (including phenoxy) is 1. The number of thiophene rings is 1. The van der Waals surface area contributed by atoms with Crippen LogP contribution in [-0.4, -0.2) is 35.4 Å².